The van der Waals surface area contributed by atoms with E-state index in [-0.39, 0.29) is 6.03 Å². The fraction of sp³-hybridized carbons (Fsp3) is 0.350. The average Bonchev–Trinajstić information content (AvgIpc) is 2.69. The molecular weight excluding hydrogens is 330 g/mol. The van der Waals surface area contributed by atoms with Crippen molar-refractivity contribution in [3.63, 3.8) is 0 Å². The lowest BCUT2D eigenvalue weighted by Crippen LogP contribution is -2.50. The number of ether oxygens (including phenoxy) is 2. The molecule has 2 amide bonds. The first kappa shape index (κ1) is 18.2. The molecule has 6 nitrogen and oxygen atoms in total. The average molecular weight is 355 g/mol. The Bertz CT molecular complexity index is 700. The molecule has 1 N–H and O–H groups in total. The van der Waals surface area contributed by atoms with Crippen molar-refractivity contribution in [2.75, 3.05) is 51.8 Å². The molecule has 1 aliphatic rings. The molecule has 26 heavy (non-hydrogen) atoms. The van der Waals surface area contributed by atoms with Crippen LogP contribution in [0.2, 0.25) is 0 Å². The number of anilines is 1. The summed E-state index contributed by atoms with van der Waals surface area (Å²) >= 11 is 0. The minimum atomic E-state index is -0.0968. The first-order valence-corrected chi connectivity index (χ1v) is 8.85. The van der Waals surface area contributed by atoms with Crippen LogP contribution >= 0.6 is 0 Å². The van der Waals surface area contributed by atoms with Gasteiger partial charge in [0.05, 0.1) is 12.3 Å². The highest BCUT2D eigenvalue weighted by molar-refractivity contribution is 5.91. The summed E-state index contributed by atoms with van der Waals surface area (Å²) in [5, 5.41) is 2.98. The number of urea groups is 1. The van der Waals surface area contributed by atoms with E-state index >= 15 is 0 Å². The van der Waals surface area contributed by atoms with E-state index in [1.165, 1.54) is 0 Å². The predicted molar refractivity (Wildman–Crippen MR) is 102 cm³/mol. The molecule has 0 unspecified atom stereocenters. The Morgan fingerprint density at radius 1 is 1.00 bits per heavy atom. The zero-order valence-electron chi connectivity index (χ0n) is 15.1. The van der Waals surface area contributed by atoms with E-state index in [1.807, 2.05) is 59.5 Å². The number of hydrogen-bond acceptors (Lipinski definition) is 4. The van der Waals surface area contributed by atoms with Gasteiger partial charge in [0, 0.05) is 39.8 Å². The third-order valence-corrected chi connectivity index (χ3v) is 4.37. The van der Waals surface area contributed by atoms with Crippen molar-refractivity contribution in [2.24, 2.45) is 0 Å². The summed E-state index contributed by atoms with van der Waals surface area (Å²) in [6.45, 7) is 4.75. The van der Waals surface area contributed by atoms with E-state index in [0.717, 1.165) is 32.0 Å². The number of amides is 2. The molecule has 2 aromatic rings. The highest BCUT2D eigenvalue weighted by Crippen LogP contribution is 2.29. The van der Waals surface area contributed by atoms with Gasteiger partial charge in [-0.15, -0.1) is 0 Å². The Hall–Kier alpha value is -2.57. The third-order valence-electron chi connectivity index (χ3n) is 4.37. The molecule has 0 bridgehead atoms. The maximum Gasteiger partial charge on any atom is 0.322 e. The van der Waals surface area contributed by atoms with E-state index < -0.39 is 0 Å². The Kier molecular flexibility index (Phi) is 6.46. The number of benzene rings is 2. The van der Waals surface area contributed by atoms with E-state index in [4.69, 9.17) is 9.47 Å². The fourth-order valence-corrected chi connectivity index (χ4v) is 2.86. The summed E-state index contributed by atoms with van der Waals surface area (Å²) in [5.74, 6) is 1.37. The highest BCUT2D eigenvalue weighted by Gasteiger charge is 2.21. The molecule has 0 aromatic heterocycles. The Labute approximate surface area is 154 Å². The van der Waals surface area contributed by atoms with Crippen LogP contribution in [0.3, 0.4) is 0 Å². The van der Waals surface area contributed by atoms with Crippen LogP contribution in [0.25, 0.3) is 0 Å². The van der Waals surface area contributed by atoms with Crippen LogP contribution in [0, 0.1) is 0 Å². The zero-order valence-corrected chi connectivity index (χ0v) is 15.1. The molecule has 0 saturated carbocycles. The Morgan fingerprint density at radius 3 is 2.42 bits per heavy atom. The van der Waals surface area contributed by atoms with E-state index in [9.17, 15) is 4.79 Å². The van der Waals surface area contributed by atoms with Crippen LogP contribution in [0.1, 0.15) is 0 Å². The Balaban J connectivity index is 1.58. The summed E-state index contributed by atoms with van der Waals surface area (Å²) in [5.41, 5.74) is 0.670. The van der Waals surface area contributed by atoms with Gasteiger partial charge in [-0.1, -0.05) is 30.3 Å². The van der Waals surface area contributed by atoms with Crippen LogP contribution < -0.4 is 10.1 Å². The summed E-state index contributed by atoms with van der Waals surface area (Å²) in [6, 6.07) is 16.9. The van der Waals surface area contributed by atoms with Crippen molar-refractivity contribution < 1.29 is 14.3 Å². The normalized spacial score (nSPS) is 14.9. The fourth-order valence-electron chi connectivity index (χ4n) is 2.86. The number of hydrogen-bond donors (Lipinski definition) is 1. The van der Waals surface area contributed by atoms with Crippen LogP contribution in [0.5, 0.6) is 11.5 Å². The van der Waals surface area contributed by atoms with Crippen molar-refractivity contribution in [1.29, 1.82) is 0 Å². The molecule has 1 heterocycles. The van der Waals surface area contributed by atoms with Crippen molar-refractivity contribution in [3.05, 3.63) is 54.6 Å². The largest absolute Gasteiger partial charge is 0.455 e. The summed E-state index contributed by atoms with van der Waals surface area (Å²) in [6.07, 6.45) is 0. The van der Waals surface area contributed by atoms with Crippen LogP contribution in [-0.4, -0.2) is 62.3 Å². The summed E-state index contributed by atoms with van der Waals surface area (Å²) in [4.78, 5) is 16.8. The molecule has 138 valence electrons. The number of nitrogens with zero attached hydrogens (tertiary/aromatic N) is 2. The summed E-state index contributed by atoms with van der Waals surface area (Å²) < 4.78 is 11.0. The molecule has 1 fully saturated rings. The predicted octanol–water partition coefficient (Wildman–Crippen LogP) is 3.27. The van der Waals surface area contributed by atoms with Gasteiger partial charge >= 0.3 is 6.03 Å². The number of nitrogens with one attached hydrogen (secondary N) is 1. The molecule has 2 aromatic carbocycles. The lowest BCUT2D eigenvalue weighted by Gasteiger charge is -2.34. The number of para-hydroxylation sites is 3. The second-order valence-electron chi connectivity index (χ2n) is 6.16. The van der Waals surface area contributed by atoms with Gasteiger partial charge in [-0.05, 0) is 24.3 Å². The molecule has 1 aliphatic heterocycles. The second kappa shape index (κ2) is 9.22. The van der Waals surface area contributed by atoms with Gasteiger partial charge in [-0.2, -0.15) is 0 Å². The number of rotatable bonds is 6. The first-order valence-electron chi connectivity index (χ1n) is 8.85. The third kappa shape index (κ3) is 4.97. The zero-order chi connectivity index (χ0) is 18.2. The minimum Gasteiger partial charge on any atom is -0.455 e. The molecule has 0 radical (unpaired) electrons. The monoisotopic (exact) mass is 355 g/mol. The quantitative estimate of drug-likeness (QED) is 0.864. The number of methoxy groups -OCH3 is 1. The Morgan fingerprint density at radius 2 is 1.69 bits per heavy atom. The van der Waals surface area contributed by atoms with Gasteiger partial charge < -0.3 is 19.7 Å². The maximum atomic E-state index is 12.6. The number of carbonyl (C=O) groups is 1. The molecular formula is C20H25N3O3. The van der Waals surface area contributed by atoms with Crippen LogP contribution in [0.15, 0.2) is 54.6 Å². The molecule has 1 saturated heterocycles. The van der Waals surface area contributed by atoms with Gasteiger partial charge in [0.25, 0.3) is 0 Å². The number of piperazine rings is 1. The highest BCUT2D eigenvalue weighted by atomic mass is 16.5. The van der Waals surface area contributed by atoms with Crippen LogP contribution in [-0.2, 0) is 4.74 Å². The topological polar surface area (TPSA) is 54.0 Å². The lowest BCUT2D eigenvalue weighted by atomic mass is 10.2. The number of carbonyl (C=O) groups excluding carboxylic acids is 1. The van der Waals surface area contributed by atoms with Crippen molar-refractivity contribution in [2.45, 2.75) is 0 Å². The maximum absolute atomic E-state index is 12.6. The molecule has 3 rings (SSSR count). The molecule has 0 aliphatic carbocycles. The summed E-state index contributed by atoms with van der Waals surface area (Å²) in [7, 11) is 1.71. The molecule has 0 atom stereocenters. The molecule has 6 heteroatoms. The van der Waals surface area contributed by atoms with Gasteiger partial charge in [0.2, 0.25) is 0 Å². The molecule has 0 spiro atoms. The van der Waals surface area contributed by atoms with Crippen molar-refractivity contribution in [1.82, 2.24) is 9.80 Å². The van der Waals surface area contributed by atoms with Gasteiger partial charge in [-0.3, -0.25) is 4.90 Å². The van der Waals surface area contributed by atoms with Gasteiger partial charge in [0.1, 0.15) is 5.75 Å². The smallest absolute Gasteiger partial charge is 0.322 e. The van der Waals surface area contributed by atoms with Gasteiger partial charge in [0.15, 0.2) is 5.75 Å². The van der Waals surface area contributed by atoms with Gasteiger partial charge in [-0.25, -0.2) is 4.79 Å². The van der Waals surface area contributed by atoms with E-state index in [2.05, 4.69) is 10.2 Å². The van der Waals surface area contributed by atoms with E-state index in [1.54, 1.807) is 7.11 Å². The first-order chi connectivity index (χ1) is 12.8. The second-order valence-corrected chi connectivity index (χ2v) is 6.16. The SMILES string of the molecule is COCCN1CCN(C(=O)Nc2ccccc2Oc2ccccc2)CC1. The minimum absolute atomic E-state index is 0.0968. The van der Waals surface area contributed by atoms with Crippen molar-refractivity contribution in [3.8, 4) is 11.5 Å². The van der Waals surface area contributed by atoms with Crippen molar-refractivity contribution >= 4 is 11.7 Å². The van der Waals surface area contributed by atoms with E-state index in [0.29, 0.717) is 24.5 Å². The lowest BCUT2D eigenvalue weighted by molar-refractivity contribution is 0.109. The standard InChI is InChI=1S/C20H25N3O3/c1-25-16-15-22-11-13-23(14-12-22)20(24)21-18-9-5-6-10-19(18)26-17-7-3-2-4-8-17/h2-10H,11-16H2,1H3,(H,21,24). The van der Waals surface area contributed by atoms with Crippen LogP contribution in [0.4, 0.5) is 10.5 Å².